The number of hydrogen-bond acceptors (Lipinski definition) is 3. The maximum atomic E-state index is 11.9. The number of aliphatic carboxylic acids is 1. The molecule has 1 unspecified atom stereocenters. The Morgan fingerprint density at radius 2 is 2.11 bits per heavy atom. The highest BCUT2D eigenvalue weighted by Crippen LogP contribution is 2.38. The van der Waals surface area contributed by atoms with Crippen LogP contribution in [0.15, 0.2) is 28.5 Å². The Labute approximate surface area is 110 Å². The lowest BCUT2D eigenvalue weighted by molar-refractivity contribution is -0.140. The summed E-state index contributed by atoms with van der Waals surface area (Å²) in [5.41, 5.74) is 1.07. The van der Waals surface area contributed by atoms with Gasteiger partial charge >= 0.3 is 5.97 Å². The fourth-order valence-corrected chi connectivity index (χ4v) is 3.64. The highest BCUT2D eigenvalue weighted by atomic mass is 35.5. The maximum absolute atomic E-state index is 11.9. The molecule has 0 bridgehead atoms. The second kappa shape index (κ2) is 4.40. The van der Waals surface area contributed by atoms with Gasteiger partial charge in [0.25, 0.3) is 0 Å². The zero-order chi connectivity index (χ0) is 13.5. The smallest absolute Gasteiger partial charge is 0.306 e. The van der Waals surface area contributed by atoms with Gasteiger partial charge < -0.3 is 5.11 Å². The first-order valence-corrected chi connectivity index (χ1v) is 7.22. The summed E-state index contributed by atoms with van der Waals surface area (Å²) in [5, 5.41) is 10.3. The molecule has 1 aliphatic rings. The van der Waals surface area contributed by atoms with Crippen LogP contribution in [0, 0.1) is 5.92 Å². The van der Waals surface area contributed by atoms with Crippen molar-refractivity contribution in [1.82, 2.24) is 0 Å². The van der Waals surface area contributed by atoms with Gasteiger partial charge in [-0.1, -0.05) is 24.6 Å². The van der Waals surface area contributed by atoms with Gasteiger partial charge in [-0.15, -0.1) is 0 Å². The first kappa shape index (κ1) is 13.1. The number of benzene rings is 1. The van der Waals surface area contributed by atoms with E-state index >= 15 is 0 Å². The van der Waals surface area contributed by atoms with Crippen LogP contribution in [0.2, 0.25) is 5.02 Å². The summed E-state index contributed by atoms with van der Waals surface area (Å²) in [5.74, 6) is -1.58. The van der Waals surface area contributed by atoms with Crippen LogP contribution < -0.4 is 0 Å². The Bertz CT molecular complexity index is 646. The molecule has 0 saturated carbocycles. The third kappa shape index (κ3) is 2.28. The average Bonchev–Trinajstić information content (AvgIpc) is 2.50. The number of sulfone groups is 1. The second-order valence-electron chi connectivity index (χ2n) is 4.27. The van der Waals surface area contributed by atoms with Gasteiger partial charge in [-0.25, -0.2) is 8.42 Å². The molecule has 0 spiro atoms. The zero-order valence-electron chi connectivity index (χ0n) is 9.55. The van der Waals surface area contributed by atoms with E-state index in [-0.39, 0.29) is 11.3 Å². The predicted octanol–water partition coefficient (Wildman–Crippen LogP) is 2.58. The number of carboxylic acid groups (broad SMARTS) is 1. The van der Waals surface area contributed by atoms with Gasteiger partial charge in [0.15, 0.2) is 0 Å². The molecule has 0 saturated heterocycles. The van der Waals surface area contributed by atoms with Gasteiger partial charge in [0.1, 0.15) is 0 Å². The molecule has 1 N–H and O–H groups in total. The van der Waals surface area contributed by atoms with Crippen LogP contribution in [0.1, 0.15) is 18.9 Å². The molecule has 1 aliphatic heterocycles. The van der Waals surface area contributed by atoms with E-state index in [1.165, 1.54) is 6.07 Å². The Morgan fingerprint density at radius 3 is 2.72 bits per heavy atom. The fourth-order valence-electron chi connectivity index (χ4n) is 1.89. The number of hydrogen-bond donors (Lipinski definition) is 1. The van der Waals surface area contributed by atoms with Crippen LogP contribution in [0.5, 0.6) is 0 Å². The summed E-state index contributed by atoms with van der Waals surface area (Å²) in [7, 11) is -3.49. The number of rotatable bonds is 3. The first-order chi connectivity index (χ1) is 8.31. The Balaban J connectivity index is 2.45. The highest BCUT2D eigenvalue weighted by Gasteiger charge is 2.28. The summed E-state index contributed by atoms with van der Waals surface area (Å²) < 4.78 is 23.8. The molecule has 6 heteroatoms. The quantitative estimate of drug-likeness (QED) is 0.927. The van der Waals surface area contributed by atoms with E-state index in [0.717, 1.165) is 5.41 Å². The summed E-state index contributed by atoms with van der Waals surface area (Å²) in [6.45, 7) is 1.55. The van der Waals surface area contributed by atoms with E-state index in [0.29, 0.717) is 16.2 Å². The fraction of sp³-hybridized carbons (Fsp3) is 0.250. The molecule has 1 aromatic carbocycles. The lowest BCUT2D eigenvalue weighted by Crippen LogP contribution is -2.09. The van der Waals surface area contributed by atoms with Crippen molar-refractivity contribution in [2.24, 2.45) is 5.92 Å². The molecule has 1 heterocycles. The lowest BCUT2D eigenvalue weighted by atomic mass is 9.97. The molecule has 0 amide bonds. The molecule has 4 nitrogen and oxygen atoms in total. The third-order valence-electron chi connectivity index (χ3n) is 2.84. The standard InChI is InChI=1S/C12H11ClO4S/c1-7(12(14)15)4-8-6-18(16,17)11-5-9(13)2-3-10(8)11/h2-3,5-7H,4H2,1H3,(H,14,15). The van der Waals surface area contributed by atoms with Crippen molar-refractivity contribution in [2.75, 3.05) is 0 Å². The molecule has 2 rings (SSSR count). The van der Waals surface area contributed by atoms with Crippen LogP contribution >= 0.6 is 11.6 Å². The van der Waals surface area contributed by atoms with Crippen molar-refractivity contribution in [2.45, 2.75) is 18.2 Å². The Morgan fingerprint density at radius 1 is 1.44 bits per heavy atom. The van der Waals surface area contributed by atoms with Gasteiger partial charge in [-0.05, 0) is 29.7 Å². The highest BCUT2D eigenvalue weighted by molar-refractivity contribution is 7.95. The molecular formula is C12H11ClO4S. The summed E-state index contributed by atoms with van der Waals surface area (Å²) in [4.78, 5) is 11.0. The zero-order valence-corrected chi connectivity index (χ0v) is 11.1. The maximum Gasteiger partial charge on any atom is 0.306 e. The van der Waals surface area contributed by atoms with E-state index in [2.05, 4.69) is 0 Å². The normalized spacial score (nSPS) is 18.0. The van der Waals surface area contributed by atoms with E-state index in [4.69, 9.17) is 16.7 Å². The monoisotopic (exact) mass is 286 g/mol. The van der Waals surface area contributed by atoms with Crippen molar-refractivity contribution in [1.29, 1.82) is 0 Å². The van der Waals surface area contributed by atoms with Gasteiger partial charge in [0.2, 0.25) is 9.84 Å². The van der Waals surface area contributed by atoms with Crippen LogP contribution in [-0.4, -0.2) is 19.5 Å². The molecular weight excluding hydrogens is 276 g/mol. The van der Waals surface area contributed by atoms with E-state index in [1.807, 2.05) is 0 Å². The van der Waals surface area contributed by atoms with Crippen LogP contribution in [-0.2, 0) is 14.6 Å². The lowest BCUT2D eigenvalue weighted by Gasteiger charge is -2.08. The molecule has 0 aliphatic carbocycles. The number of allylic oxidation sites excluding steroid dienone is 1. The van der Waals surface area contributed by atoms with Gasteiger partial charge in [0.05, 0.1) is 10.8 Å². The van der Waals surface area contributed by atoms with Crippen LogP contribution in [0.4, 0.5) is 0 Å². The average molecular weight is 287 g/mol. The predicted molar refractivity (Wildman–Crippen MR) is 68.0 cm³/mol. The minimum absolute atomic E-state index is 0.155. The first-order valence-electron chi connectivity index (χ1n) is 5.29. The van der Waals surface area contributed by atoms with Crippen molar-refractivity contribution in [3.8, 4) is 0 Å². The Kier molecular flexibility index (Phi) is 3.21. The molecule has 1 aromatic rings. The minimum atomic E-state index is -3.49. The molecule has 0 aromatic heterocycles. The van der Waals surface area contributed by atoms with Crippen LogP contribution in [0.25, 0.3) is 5.57 Å². The van der Waals surface area contributed by atoms with E-state index in [9.17, 15) is 13.2 Å². The second-order valence-corrected chi connectivity index (χ2v) is 6.47. The molecule has 0 fully saturated rings. The van der Waals surface area contributed by atoms with Crippen molar-refractivity contribution < 1.29 is 18.3 Å². The van der Waals surface area contributed by atoms with Crippen LogP contribution in [0.3, 0.4) is 0 Å². The molecule has 1 atom stereocenters. The number of carbonyl (C=O) groups is 1. The van der Waals surface area contributed by atoms with Crippen molar-refractivity contribution in [3.05, 3.63) is 34.2 Å². The summed E-state index contributed by atoms with van der Waals surface area (Å²) in [6, 6.07) is 4.60. The number of carboxylic acids is 1. The number of fused-ring (bicyclic) bond motifs is 1. The van der Waals surface area contributed by atoms with Crippen molar-refractivity contribution in [3.63, 3.8) is 0 Å². The van der Waals surface area contributed by atoms with Gasteiger partial charge in [-0.3, -0.25) is 4.79 Å². The van der Waals surface area contributed by atoms with E-state index < -0.39 is 21.7 Å². The Hall–Kier alpha value is -1.33. The van der Waals surface area contributed by atoms with Gasteiger partial charge in [-0.2, -0.15) is 0 Å². The summed E-state index contributed by atoms with van der Waals surface area (Å²) in [6.07, 6.45) is 0.184. The van der Waals surface area contributed by atoms with Crippen molar-refractivity contribution >= 4 is 33.0 Å². The number of halogens is 1. The molecule has 18 heavy (non-hydrogen) atoms. The molecule has 0 radical (unpaired) electrons. The summed E-state index contributed by atoms with van der Waals surface area (Å²) >= 11 is 5.77. The largest absolute Gasteiger partial charge is 0.481 e. The minimum Gasteiger partial charge on any atom is -0.481 e. The van der Waals surface area contributed by atoms with Gasteiger partial charge in [0, 0.05) is 10.4 Å². The SMILES string of the molecule is CC(CC1=CS(=O)(=O)c2cc(Cl)ccc21)C(=O)O. The molecule has 96 valence electrons. The third-order valence-corrected chi connectivity index (χ3v) is 4.62. The topological polar surface area (TPSA) is 71.4 Å². The van der Waals surface area contributed by atoms with E-state index in [1.54, 1.807) is 19.1 Å².